The molecule has 0 aliphatic carbocycles. The molecule has 3 aromatic rings. The predicted octanol–water partition coefficient (Wildman–Crippen LogP) is 4.71. The highest BCUT2D eigenvalue weighted by molar-refractivity contribution is 5.85. The van der Waals surface area contributed by atoms with Gasteiger partial charge in [-0.1, -0.05) is 43.3 Å². The van der Waals surface area contributed by atoms with E-state index in [1.54, 1.807) is 6.07 Å². The highest BCUT2D eigenvalue weighted by Gasteiger charge is 2.25. The van der Waals surface area contributed by atoms with Crippen molar-refractivity contribution in [3.63, 3.8) is 0 Å². The van der Waals surface area contributed by atoms with Crippen LogP contribution in [0.3, 0.4) is 0 Å². The summed E-state index contributed by atoms with van der Waals surface area (Å²) in [7, 11) is 0. The van der Waals surface area contributed by atoms with Crippen LogP contribution in [0.2, 0.25) is 0 Å². The van der Waals surface area contributed by atoms with E-state index in [2.05, 4.69) is 51.3 Å². The lowest BCUT2D eigenvalue weighted by molar-refractivity contribution is -0.125. The number of carbonyl (C=O) groups is 1. The second-order valence-electron chi connectivity index (χ2n) is 10.3. The highest BCUT2D eigenvalue weighted by atomic mass is 16.3. The van der Waals surface area contributed by atoms with Gasteiger partial charge in [-0.15, -0.1) is 0 Å². The number of hydrogen-bond donors (Lipinski definition) is 2. The lowest BCUT2D eigenvalue weighted by Crippen LogP contribution is -2.40. The van der Waals surface area contributed by atoms with Crippen molar-refractivity contribution in [2.24, 2.45) is 11.8 Å². The minimum absolute atomic E-state index is 0.0265. The van der Waals surface area contributed by atoms with Crippen LogP contribution in [-0.2, 0) is 17.9 Å². The second kappa shape index (κ2) is 10.6. The number of para-hydroxylation sites is 1. The largest absolute Gasteiger partial charge is 0.506 e. The number of likely N-dealkylation sites (tertiary alicyclic amines) is 1. The normalized spacial score (nSPS) is 18.1. The molecule has 35 heavy (non-hydrogen) atoms. The van der Waals surface area contributed by atoms with Crippen molar-refractivity contribution in [3.8, 4) is 5.75 Å². The van der Waals surface area contributed by atoms with Gasteiger partial charge in [0.25, 0.3) is 0 Å². The summed E-state index contributed by atoms with van der Waals surface area (Å²) in [4.78, 5) is 22.3. The Morgan fingerprint density at radius 1 is 0.971 bits per heavy atom. The number of nitrogens with one attached hydrogen (secondary N) is 1. The molecule has 1 amide bonds. The molecular weight excluding hydrogens is 436 g/mol. The first-order valence-corrected chi connectivity index (χ1v) is 13.0. The van der Waals surface area contributed by atoms with Gasteiger partial charge in [0.15, 0.2) is 0 Å². The van der Waals surface area contributed by atoms with E-state index < -0.39 is 0 Å². The minimum atomic E-state index is 0.0265. The van der Waals surface area contributed by atoms with Crippen LogP contribution in [0, 0.1) is 11.8 Å². The molecule has 1 aromatic heterocycles. The zero-order chi connectivity index (χ0) is 24.2. The molecule has 184 valence electrons. The summed E-state index contributed by atoms with van der Waals surface area (Å²) in [6.45, 7) is 7.84. The van der Waals surface area contributed by atoms with Crippen molar-refractivity contribution in [1.29, 1.82) is 0 Å². The SMILES string of the molecule is CC1CCN(Cc2cccc(CNC(=O)C3CCN(c4ccc5cccc(O)c5n4)CC3)c2)CC1. The number of anilines is 1. The zero-order valence-electron chi connectivity index (χ0n) is 20.6. The van der Waals surface area contributed by atoms with Crippen LogP contribution in [0.5, 0.6) is 5.75 Å². The van der Waals surface area contributed by atoms with Crippen molar-refractivity contribution in [2.45, 2.75) is 45.7 Å². The smallest absolute Gasteiger partial charge is 0.223 e. The number of aromatic nitrogens is 1. The number of phenols is 1. The fourth-order valence-electron chi connectivity index (χ4n) is 5.32. The molecule has 0 bridgehead atoms. The van der Waals surface area contributed by atoms with Crippen LogP contribution in [0.25, 0.3) is 10.9 Å². The number of hydrogen-bond acceptors (Lipinski definition) is 5. The molecule has 3 heterocycles. The fourth-order valence-corrected chi connectivity index (χ4v) is 5.32. The van der Waals surface area contributed by atoms with Crippen molar-refractivity contribution >= 4 is 22.6 Å². The van der Waals surface area contributed by atoms with Crippen LogP contribution in [0.4, 0.5) is 5.82 Å². The average molecular weight is 473 g/mol. The first-order valence-electron chi connectivity index (χ1n) is 13.0. The Morgan fingerprint density at radius 3 is 2.51 bits per heavy atom. The van der Waals surface area contributed by atoms with Crippen LogP contribution in [-0.4, -0.2) is 47.1 Å². The molecule has 0 atom stereocenters. The van der Waals surface area contributed by atoms with Gasteiger partial charge in [-0.05, 0) is 74.0 Å². The molecule has 2 N–H and O–H groups in total. The lowest BCUT2D eigenvalue weighted by atomic mass is 9.95. The molecule has 2 saturated heterocycles. The number of fused-ring (bicyclic) bond motifs is 1. The van der Waals surface area contributed by atoms with Gasteiger partial charge in [-0.3, -0.25) is 9.69 Å². The minimum Gasteiger partial charge on any atom is -0.506 e. The monoisotopic (exact) mass is 472 g/mol. The Bertz CT molecular complexity index is 1160. The number of rotatable bonds is 6. The van der Waals surface area contributed by atoms with E-state index in [4.69, 9.17) is 0 Å². The van der Waals surface area contributed by atoms with Crippen molar-refractivity contribution in [1.82, 2.24) is 15.2 Å². The summed E-state index contributed by atoms with van der Waals surface area (Å²) in [5.74, 6) is 2.07. The van der Waals surface area contributed by atoms with Crippen LogP contribution in [0.15, 0.2) is 54.6 Å². The molecule has 0 unspecified atom stereocenters. The Kier molecular flexibility index (Phi) is 7.19. The molecule has 6 nitrogen and oxygen atoms in total. The maximum atomic E-state index is 12.9. The van der Waals surface area contributed by atoms with Crippen LogP contribution >= 0.6 is 0 Å². The van der Waals surface area contributed by atoms with Crippen LogP contribution < -0.4 is 10.2 Å². The number of phenolic OH excluding ortho intramolecular Hbond substituents is 1. The number of aromatic hydroxyl groups is 1. The van der Waals surface area contributed by atoms with E-state index in [0.29, 0.717) is 12.1 Å². The van der Waals surface area contributed by atoms with E-state index in [0.717, 1.165) is 49.6 Å². The summed E-state index contributed by atoms with van der Waals surface area (Å²) in [6, 6.07) is 18.1. The van der Waals surface area contributed by atoms with Gasteiger partial charge in [0, 0.05) is 37.5 Å². The van der Waals surface area contributed by atoms with Crippen molar-refractivity contribution in [3.05, 3.63) is 65.7 Å². The lowest BCUT2D eigenvalue weighted by Gasteiger charge is -2.32. The van der Waals surface area contributed by atoms with Crippen LogP contribution in [0.1, 0.15) is 43.7 Å². The summed E-state index contributed by atoms with van der Waals surface area (Å²) >= 11 is 0. The maximum absolute atomic E-state index is 12.9. The number of pyridine rings is 1. The molecule has 6 heteroatoms. The van der Waals surface area contributed by atoms with E-state index in [1.807, 2.05) is 24.3 Å². The molecule has 0 radical (unpaired) electrons. The molecular formula is C29H36N4O2. The van der Waals surface area contributed by atoms with Gasteiger partial charge in [-0.2, -0.15) is 0 Å². The number of piperidine rings is 2. The summed E-state index contributed by atoms with van der Waals surface area (Å²) in [5, 5.41) is 14.2. The number of nitrogens with zero attached hydrogens (tertiary/aromatic N) is 3. The third-order valence-corrected chi connectivity index (χ3v) is 7.61. The van der Waals surface area contributed by atoms with Gasteiger partial charge in [0.05, 0.1) is 0 Å². The molecule has 2 aliphatic heterocycles. The number of amides is 1. The predicted molar refractivity (Wildman–Crippen MR) is 140 cm³/mol. The van der Waals surface area contributed by atoms with Gasteiger partial charge in [0.1, 0.15) is 17.1 Å². The average Bonchev–Trinajstić information content (AvgIpc) is 2.89. The van der Waals surface area contributed by atoms with Gasteiger partial charge >= 0.3 is 0 Å². The number of benzene rings is 2. The summed E-state index contributed by atoms with van der Waals surface area (Å²) < 4.78 is 0. The van der Waals surface area contributed by atoms with Crippen molar-refractivity contribution < 1.29 is 9.90 Å². The fraction of sp³-hybridized carbons (Fsp3) is 0.448. The maximum Gasteiger partial charge on any atom is 0.223 e. The third kappa shape index (κ3) is 5.76. The first kappa shape index (κ1) is 23.6. The number of carbonyl (C=O) groups excluding carboxylic acids is 1. The molecule has 0 saturated carbocycles. The van der Waals surface area contributed by atoms with Gasteiger partial charge in [-0.25, -0.2) is 4.98 Å². The van der Waals surface area contributed by atoms with E-state index in [9.17, 15) is 9.90 Å². The van der Waals surface area contributed by atoms with E-state index in [1.165, 1.54) is 37.1 Å². The topological polar surface area (TPSA) is 68.7 Å². The van der Waals surface area contributed by atoms with Crippen molar-refractivity contribution in [2.75, 3.05) is 31.1 Å². The zero-order valence-corrected chi connectivity index (χ0v) is 20.6. The quantitative estimate of drug-likeness (QED) is 0.544. The second-order valence-corrected chi connectivity index (χ2v) is 10.3. The summed E-state index contributed by atoms with van der Waals surface area (Å²) in [5.41, 5.74) is 3.12. The van der Waals surface area contributed by atoms with Gasteiger partial charge < -0.3 is 15.3 Å². The Labute approximate surface area is 208 Å². The van der Waals surface area contributed by atoms with E-state index >= 15 is 0 Å². The molecule has 2 fully saturated rings. The molecule has 2 aliphatic rings. The third-order valence-electron chi connectivity index (χ3n) is 7.61. The highest BCUT2D eigenvalue weighted by Crippen LogP contribution is 2.28. The standard InChI is InChI=1S/C29H36N4O2/c1-21-10-14-32(15-11-21)20-23-5-2-4-22(18-23)19-30-29(35)25-12-16-33(17-13-25)27-9-8-24-6-3-7-26(34)28(24)31-27/h2-9,18,21,25,34H,10-17,19-20H2,1H3,(H,30,35). The Morgan fingerprint density at radius 2 is 1.71 bits per heavy atom. The first-order chi connectivity index (χ1) is 17.0. The summed E-state index contributed by atoms with van der Waals surface area (Å²) in [6.07, 6.45) is 4.18. The van der Waals surface area contributed by atoms with E-state index in [-0.39, 0.29) is 17.6 Å². The van der Waals surface area contributed by atoms with Gasteiger partial charge in [0.2, 0.25) is 5.91 Å². The Hall–Kier alpha value is -3.12. The molecule has 0 spiro atoms. The Balaban J connectivity index is 1.11. The molecule has 5 rings (SSSR count). The molecule has 2 aromatic carbocycles.